The number of phenols is 1. The Balaban J connectivity index is 1.71. The lowest BCUT2D eigenvalue weighted by Crippen LogP contribution is -2.35. The summed E-state index contributed by atoms with van der Waals surface area (Å²) < 4.78 is 0. The molecule has 1 heterocycles. The molecule has 3 N–H and O–H groups in total. The molecule has 0 unspecified atom stereocenters. The lowest BCUT2D eigenvalue weighted by molar-refractivity contribution is 0.203. The summed E-state index contributed by atoms with van der Waals surface area (Å²) in [7, 11) is 0. The summed E-state index contributed by atoms with van der Waals surface area (Å²) in [6, 6.07) is 13.3. The molecule has 1 aliphatic heterocycles. The minimum absolute atomic E-state index is 0.244. The van der Waals surface area contributed by atoms with E-state index in [2.05, 4.69) is 22.3 Å². The molecule has 0 atom stereocenters. The molecule has 4 nitrogen and oxygen atoms in total. The van der Waals surface area contributed by atoms with Gasteiger partial charge in [0.05, 0.1) is 11.4 Å². The first-order chi connectivity index (χ1) is 11.7. The van der Waals surface area contributed by atoms with Crippen LogP contribution in [0.3, 0.4) is 0 Å². The molecular weight excluding hydrogens is 324 g/mol. The van der Waals surface area contributed by atoms with Crippen molar-refractivity contribution in [1.82, 2.24) is 0 Å². The van der Waals surface area contributed by atoms with Gasteiger partial charge in [-0.2, -0.15) is 0 Å². The number of anilines is 2. The highest BCUT2D eigenvalue weighted by atomic mass is 35.5. The Morgan fingerprint density at radius 1 is 1.12 bits per heavy atom. The lowest BCUT2D eigenvalue weighted by Gasteiger charge is -2.34. The topological polar surface area (TPSA) is 55.7 Å². The molecule has 0 radical (unpaired) electrons. The fourth-order valence-corrected chi connectivity index (χ4v) is 3.34. The molecule has 0 bridgehead atoms. The molecule has 0 saturated carbocycles. The number of aromatic hydroxyl groups is 1. The van der Waals surface area contributed by atoms with Gasteiger partial charge in [0, 0.05) is 36.8 Å². The van der Waals surface area contributed by atoms with Gasteiger partial charge >= 0.3 is 0 Å². The first kappa shape index (κ1) is 16.9. The summed E-state index contributed by atoms with van der Waals surface area (Å²) in [5.74, 6) is 0.665. The van der Waals surface area contributed by atoms with Crippen LogP contribution in [0.2, 0.25) is 5.02 Å². The highest BCUT2D eigenvalue weighted by Crippen LogP contribution is 2.31. The zero-order valence-corrected chi connectivity index (χ0v) is 14.3. The van der Waals surface area contributed by atoms with E-state index in [1.807, 2.05) is 12.1 Å². The maximum atomic E-state index is 9.95. The predicted molar refractivity (Wildman–Crippen MR) is 98.9 cm³/mol. The van der Waals surface area contributed by atoms with Crippen LogP contribution in [-0.4, -0.2) is 29.9 Å². The first-order valence-electron chi connectivity index (χ1n) is 8.33. The molecule has 24 heavy (non-hydrogen) atoms. The molecule has 1 fully saturated rings. The molecule has 0 aliphatic carbocycles. The molecule has 1 saturated heterocycles. The number of nitrogens with one attached hydrogen (secondary N) is 1. The van der Waals surface area contributed by atoms with E-state index in [0.717, 1.165) is 42.9 Å². The summed E-state index contributed by atoms with van der Waals surface area (Å²) in [5.41, 5.74) is 2.98. The highest BCUT2D eigenvalue weighted by Gasteiger charge is 2.20. The van der Waals surface area contributed by atoms with Gasteiger partial charge in [-0.15, -0.1) is 0 Å². The van der Waals surface area contributed by atoms with E-state index in [1.54, 1.807) is 18.2 Å². The Morgan fingerprint density at radius 2 is 1.88 bits per heavy atom. The summed E-state index contributed by atoms with van der Waals surface area (Å²) >= 11 is 6.01. The second kappa shape index (κ2) is 7.77. The van der Waals surface area contributed by atoms with Crippen LogP contribution >= 0.6 is 11.6 Å². The van der Waals surface area contributed by atoms with Crippen LogP contribution in [-0.2, 0) is 6.54 Å². The first-order valence-corrected chi connectivity index (χ1v) is 8.71. The van der Waals surface area contributed by atoms with E-state index in [4.69, 9.17) is 11.6 Å². The number of aliphatic hydroxyl groups excluding tert-OH is 1. The van der Waals surface area contributed by atoms with Crippen molar-refractivity contribution in [3.63, 3.8) is 0 Å². The van der Waals surface area contributed by atoms with E-state index < -0.39 is 0 Å². The smallest absolute Gasteiger partial charge is 0.120 e. The molecule has 5 heteroatoms. The van der Waals surface area contributed by atoms with Crippen molar-refractivity contribution in [2.75, 3.05) is 29.9 Å². The number of halogens is 1. The molecule has 2 aromatic rings. The maximum absolute atomic E-state index is 9.95. The van der Waals surface area contributed by atoms with Gasteiger partial charge in [-0.25, -0.2) is 0 Å². The van der Waals surface area contributed by atoms with Crippen molar-refractivity contribution in [2.24, 2.45) is 5.92 Å². The Morgan fingerprint density at radius 3 is 2.62 bits per heavy atom. The summed E-state index contributed by atoms with van der Waals surface area (Å²) in [6.45, 7) is 2.69. The average Bonchev–Trinajstić information content (AvgIpc) is 2.63. The fourth-order valence-electron chi connectivity index (χ4n) is 3.14. The number of hydrogen-bond acceptors (Lipinski definition) is 4. The van der Waals surface area contributed by atoms with E-state index >= 15 is 0 Å². The zero-order chi connectivity index (χ0) is 16.9. The minimum atomic E-state index is 0.244. The fraction of sp³-hybridized carbons (Fsp3) is 0.368. The van der Waals surface area contributed by atoms with Crippen molar-refractivity contribution in [2.45, 2.75) is 19.4 Å². The van der Waals surface area contributed by atoms with Gasteiger partial charge in [0.1, 0.15) is 5.75 Å². The Bertz CT molecular complexity index is 685. The number of phenolic OH excluding ortho intramolecular Hbond substituents is 1. The molecule has 0 spiro atoms. The number of nitrogens with zero attached hydrogens (tertiary/aromatic N) is 1. The van der Waals surface area contributed by atoms with Crippen LogP contribution < -0.4 is 10.2 Å². The highest BCUT2D eigenvalue weighted by molar-refractivity contribution is 6.30. The van der Waals surface area contributed by atoms with Crippen LogP contribution in [0.1, 0.15) is 18.4 Å². The van der Waals surface area contributed by atoms with E-state index in [0.29, 0.717) is 17.5 Å². The number of rotatable bonds is 5. The van der Waals surface area contributed by atoms with Crippen molar-refractivity contribution in [3.8, 4) is 5.75 Å². The third-order valence-corrected chi connectivity index (χ3v) is 4.86. The van der Waals surface area contributed by atoms with Gasteiger partial charge in [-0.05, 0) is 49.1 Å². The van der Waals surface area contributed by atoms with Crippen LogP contribution in [0.15, 0.2) is 42.5 Å². The number of piperidine rings is 1. The third kappa shape index (κ3) is 3.94. The summed E-state index contributed by atoms with van der Waals surface area (Å²) in [6.07, 6.45) is 2.03. The van der Waals surface area contributed by atoms with E-state index in [1.165, 1.54) is 0 Å². The van der Waals surface area contributed by atoms with Gasteiger partial charge in [0.25, 0.3) is 0 Å². The standard InChI is InChI=1S/C19H23ClN2O2/c20-16-5-6-19(24)15(11-16)12-21-17-3-1-2-4-18(17)22-9-7-14(13-23)8-10-22/h1-6,11,14,21,23-24H,7-10,12-13H2. The predicted octanol–water partition coefficient (Wildman–Crippen LogP) is 3.87. The van der Waals surface area contributed by atoms with Crippen LogP contribution in [0, 0.1) is 5.92 Å². The molecule has 128 valence electrons. The molecule has 3 rings (SSSR count). The van der Waals surface area contributed by atoms with Crippen LogP contribution in [0.25, 0.3) is 0 Å². The maximum Gasteiger partial charge on any atom is 0.120 e. The van der Waals surface area contributed by atoms with Crippen LogP contribution in [0.5, 0.6) is 5.75 Å². The SMILES string of the molecule is OCC1CCN(c2ccccc2NCc2cc(Cl)ccc2O)CC1. The van der Waals surface area contributed by atoms with E-state index in [-0.39, 0.29) is 12.4 Å². The largest absolute Gasteiger partial charge is 0.508 e. The zero-order valence-electron chi connectivity index (χ0n) is 13.6. The van der Waals surface area contributed by atoms with Gasteiger partial charge < -0.3 is 20.4 Å². The van der Waals surface area contributed by atoms with Crippen molar-refractivity contribution in [1.29, 1.82) is 0 Å². The van der Waals surface area contributed by atoms with Gasteiger partial charge in [0.2, 0.25) is 0 Å². The number of aliphatic hydroxyl groups is 1. The quantitative estimate of drug-likeness (QED) is 0.769. The summed E-state index contributed by atoms with van der Waals surface area (Å²) in [5, 5.41) is 23.3. The lowest BCUT2D eigenvalue weighted by atomic mass is 9.97. The molecule has 1 aliphatic rings. The molecule has 2 aromatic carbocycles. The normalized spacial score (nSPS) is 15.5. The number of para-hydroxylation sites is 2. The van der Waals surface area contributed by atoms with Crippen LogP contribution in [0.4, 0.5) is 11.4 Å². The van der Waals surface area contributed by atoms with Gasteiger partial charge in [-0.3, -0.25) is 0 Å². The van der Waals surface area contributed by atoms with Crippen molar-refractivity contribution >= 4 is 23.0 Å². The Hall–Kier alpha value is -1.91. The molecular formula is C19H23ClN2O2. The van der Waals surface area contributed by atoms with Gasteiger partial charge in [0.15, 0.2) is 0 Å². The van der Waals surface area contributed by atoms with Crippen molar-refractivity contribution < 1.29 is 10.2 Å². The third-order valence-electron chi connectivity index (χ3n) is 4.63. The van der Waals surface area contributed by atoms with Crippen molar-refractivity contribution in [3.05, 3.63) is 53.1 Å². The molecule has 0 aromatic heterocycles. The van der Waals surface area contributed by atoms with Gasteiger partial charge in [-0.1, -0.05) is 23.7 Å². The number of benzene rings is 2. The summed E-state index contributed by atoms with van der Waals surface area (Å²) in [4.78, 5) is 2.35. The van der Waals surface area contributed by atoms with E-state index in [9.17, 15) is 10.2 Å². The second-order valence-electron chi connectivity index (χ2n) is 6.26. The number of hydrogen-bond donors (Lipinski definition) is 3. The Kier molecular flexibility index (Phi) is 5.48. The minimum Gasteiger partial charge on any atom is -0.508 e. The Labute approximate surface area is 147 Å². The molecule has 0 amide bonds. The monoisotopic (exact) mass is 346 g/mol. The average molecular weight is 347 g/mol. The second-order valence-corrected chi connectivity index (χ2v) is 6.69.